The normalized spacial score (nSPS) is 17.7. The highest BCUT2D eigenvalue weighted by atomic mass is 16.5. The zero-order valence-electron chi connectivity index (χ0n) is 11.3. The van der Waals surface area contributed by atoms with Crippen molar-refractivity contribution in [3.8, 4) is 5.75 Å². The number of rotatable bonds is 5. The van der Waals surface area contributed by atoms with Crippen molar-refractivity contribution >= 4 is 17.5 Å². The SMILES string of the molecule is CCOc1ccc(NC(=O)[C@@H]2CCC(=O)N2)cc1CO. The van der Waals surface area contributed by atoms with Crippen molar-refractivity contribution in [3.05, 3.63) is 23.8 Å². The largest absolute Gasteiger partial charge is 0.494 e. The van der Waals surface area contributed by atoms with E-state index in [-0.39, 0.29) is 18.4 Å². The quantitative estimate of drug-likeness (QED) is 0.743. The minimum absolute atomic E-state index is 0.104. The van der Waals surface area contributed by atoms with Crippen LogP contribution in [0.4, 0.5) is 5.69 Å². The van der Waals surface area contributed by atoms with Crippen LogP contribution >= 0.6 is 0 Å². The molecule has 0 aromatic heterocycles. The zero-order chi connectivity index (χ0) is 14.5. The molecule has 0 unspecified atom stereocenters. The molecule has 0 radical (unpaired) electrons. The topological polar surface area (TPSA) is 87.7 Å². The maximum Gasteiger partial charge on any atom is 0.246 e. The van der Waals surface area contributed by atoms with E-state index in [1.807, 2.05) is 6.92 Å². The highest BCUT2D eigenvalue weighted by Gasteiger charge is 2.27. The number of anilines is 1. The molecule has 0 bridgehead atoms. The van der Waals surface area contributed by atoms with Gasteiger partial charge in [0.2, 0.25) is 11.8 Å². The highest BCUT2D eigenvalue weighted by Crippen LogP contribution is 2.23. The van der Waals surface area contributed by atoms with Crippen molar-refractivity contribution in [3.63, 3.8) is 0 Å². The summed E-state index contributed by atoms with van der Waals surface area (Å²) in [5.41, 5.74) is 1.18. The van der Waals surface area contributed by atoms with Gasteiger partial charge in [0, 0.05) is 17.7 Å². The van der Waals surface area contributed by atoms with Gasteiger partial charge in [-0.15, -0.1) is 0 Å². The van der Waals surface area contributed by atoms with Gasteiger partial charge in [0.1, 0.15) is 11.8 Å². The Bertz CT molecular complexity index is 516. The molecule has 1 aliphatic rings. The smallest absolute Gasteiger partial charge is 0.246 e. The standard InChI is InChI=1S/C14H18N2O4/c1-2-20-12-5-3-10(7-9(12)8-17)15-14(19)11-4-6-13(18)16-11/h3,5,7,11,17H,2,4,6,8H2,1H3,(H,15,19)(H,16,18)/t11-/m0/s1. The van der Waals surface area contributed by atoms with Gasteiger partial charge in [-0.3, -0.25) is 9.59 Å². The second-order valence-electron chi connectivity index (χ2n) is 4.56. The molecule has 1 heterocycles. The maximum atomic E-state index is 12.0. The number of amides is 2. The van der Waals surface area contributed by atoms with Crippen molar-refractivity contribution in [1.82, 2.24) is 5.32 Å². The van der Waals surface area contributed by atoms with E-state index in [0.29, 0.717) is 36.4 Å². The molecule has 0 spiro atoms. The summed E-state index contributed by atoms with van der Waals surface area (Å²) < 4.78 is 5.37. The molecule has 1 aromatic rings. The highest BCUT2D eigenvalue weighted by molar-refractivity contribution is 5.99. The number of benzene rings is 1. The fraction of sp³-hybridized carbons (Fsp3) is 0.429. The van der Waals surface area contributed by atoms with Crippen LogP contribution in [0.3, 0.4) is 0 Å². The number of carbonyl (C=O) groups excluding carboxylic acids is 2. The molecule has 3 N–H and O–H groups in total. The summed E-state index contributed by atoms with van der Waals surface area (Å²) >= 11 is 0. The predicted octanol–water partition coefficient (Wildman–Crippen LogP) is 0.795. The van der Waals surface area contributed by atoms with Gasteiger partial charge in [0.25, 0.3) is 0 Å². The third-order valence-corrected chi connectivity index (χ3v) is 3.11. The van der Waals surface area contributed by atoms with Gasteiger partial charge in [-0.25, -0.2) is 0 Å². The van der Waals surface area contributed by atoms with Crippen LogP contribution in [0, 0.1) is 0 Å². The Morgan fingerprint density at radius 1 is 1.55 bits per heavy atom. The van der Waals surface area contributed by atoms with E-state index in [1.165, 1.54) is 0 Å². The molecule has 2 amide bonds. The molecule has 108 valence electrons. The van der Waals surface area contributed by atoms with Gasteiger partial charge in [-0.05, 0) is 31.5 Å². The van der Waals surface area contributed by atoms with Crippen LogP contribution < -0.4 is 15.4 Å². The van der Waals surface area contributed by atoms with E-state index in [4.69, 9.17) is 4.74 Å². The molecule has 6 heteroatoms. The first kappa shape index (κ1) is 14.3. The minimum atomic E-state index is -0.480. The van der Waals surface area contributed by atoms with Crippen molar-refractivity contribution in [1.29, 1.82) is 0 Å². The lowest BCUT2D eigenvalue weighted by Gasteiger charge is -2.13. The van der Waals surface area contributed by atoms with Crippen molar-refractivity contribution in [2.24, 2.45) is 0 Å². The lowest BCUT2D eigenvalue weighted by atomic mass is 10.1. The van der Waals surface area contributed by atoms with E-state index in [9.17, 15) is 14.7 Å². The van der Waals surface area contributed by atoms with Crippen LogP contribution in [0.1, 0.15) is 25.3 Å². The minimum Gasteiger partial charge on any atom is -0.494 e. The first-order valence-electron chi connectivity index (χ1n) is 6.61. The fourth-order valence-electron chi connectivity index (χ4n) is 2.12. The third-order valence-electron chi connectivity index (χ3n) is 3.11. The van der Waals surface area contributed by atoms with Crippen molar-refractivity contribution in [2.75, 3.05) is 11.9 Å². The Morgan fingerprint density at radius 2 is 2.35 bits per heavy atom. The predicted molar refractivity (Wildman–Crippen MR) is 73.3 cm³/mol. The molecule has 6 nitrogen and oxygen atoms in total. The third kappa shape index (κ3) is 3.27. The van der Waals surface area contributed by atoms with E-state index in [1.54, 1.807) is 18.2 Å². The van der Waals surface area contributed by atoms with Gasteiger partial charge in [-0.1, -0.05) is 0 Å². The number of nitrogens with one attached hydrogen (secondary N) is 2. The number of aliphatic hydroxyl groups excluding tert-OH is 1. The van der Waals surface area contributed by atoms with Crippen LogP contribution in [0.15, 0.2) is 18.2 Å². The van der Waals surface area contributed by atoms with E-state index in [0.717, 1.165) is 0 Å². The van der Waals surface area contributed by atoms with Crippen molar-refractivity contribution < 1.29 is 19.4 Å². The van der Waals surface area contributed by atoms with Gasteiger partial charge in [0.15, 0.2) is 0 Å². The van der Waals surface area contributed by atoms with Crippen LogP contribution in [-0.2, 0) is 16.2 Å². The molecule has 0 saturated carbocycles. The second kappa shape index (κ2) is 6.38. The van der Waals surface area contributed by atoms with Crippen LogP contribution in [-0.4, -0.2) is 29.6 Å². The average molecular weight is 278 g/mol. The second-order valence-corrected chi connectivity index (χ2v) is 4.56. The van der Waals surface area contributed by atoms with Crippen LogP contribution in [0.5, 0.6) is 5.75 Å². The molecule has 2 rings (SSSR count). The van der Waals surface area contributed by atoms with Gasteiger partial charge in [0.05, 0.1) is 13.2 Å². The number of hydrogen-bond donors (Lipinski definition) is 3. The van der Waals surface area contributed by atoms with Crippen molar-refractivity contribution in [2.45, 2.75) is 32.4 Å². The van der Waals surface area contributed by atoms with Crippen LogP contribution in [0.2, 0.25) is 0 Å². The van der Waals surface area contributed by atoms with Crippen LogP contribution in [0.25, 0.3) is 0 Å². The number of hydrogen-bond acceptors (Lipinski definition) is 4. The number of aliphatic hydroxyl groups is 1. The lowest BCUT2D eigenvalue weighted by molar-refractivity contribution is -0.122. The molecular weight excluding hydrogens is 260 g/mol. The monoisotopic (exact) mass is 278 g/mol. The molecule has 1 aliphatic heterocycles. The molecule has 20 heavy (non-hydrogen) atoms. The van der Waals surface area contributed by atoms with Gasteiger partial charge in [-0.2, -0.15) is 0 Å². The number of ether oxygens (including phenoxy) is 1. The van der Waals surface area contributed by atoms with E-state index < -0.39 is 6.04 Å². The molecule has 1 atom stereocenters. The Hall–Kier alpha value is -2.08. The molecular formula is C14H18N2O4. The summed E-state index contributed by atoms with van der Waals surface area (Å²) in [5, 5.41) is 14.6. The summed E-state index contributed by atoms with van der Waals surface area (Å²) in [6.45, 7) is 2.20. The zero-order valence-corrected chi connectivity index (χ0v) is 11.3. The molecule has 0 aliphatic carbocycles. The lowest BCUT2D eigenvalue weighted by Crippen LogP contribution is -2.37. The fourth-order valence-corrected chi connectivity index (χ4v) is 2.12. The van der Waals surface area contributed by atoms with E-state index >= 15 is 0 Å². The summed E-state index contributed by atoms with van der Waals surface area (Å²) in [6.07, 6.45) is 0.887. The Labute approximate surface area is 117 Å². The summed E-state index contributed by atoms with van der Waals surface area (Å²) in [5.74, 6) is 0.249. The Kier molecular flexibility index (Phi) is 4.57. The summed E-state index contributed by atoms with van der Waals surface area (Å²) in [4.78, 5) is 23.0. The maximum absolute atomic E-state index is 12.0. The summed E-state index contributed by atoms with van der Waals surface area (Å²) in [7, 11) is 0. The van der Waals surface area contributed by atoms with Gasteiger partial charge >= 0.3 is 0 Å². The van der Waals surface area contributed by atoms with Gasteiger partial charge < -0.3 is 20.5 Å². The molecule has 1 fully saturated rings. The average Bonchev–Trinajstić information content (AvgIpc) is 2.87. The summed E-state index contributed by atoms with van der Waals surface area (Å²) in [6, 6.07) is 4.60. The van der Waals surface area contributed by atoms with E-state index in [2.05, 4.69) is 10.6 Å². The first-order chi connectivity index (χ1) is 9.63. The molecule has 1 saturated heterocycles. The number of carbonyl (C=O) groups is 2. The first-order valence-corrected chi connectivity index (χ1v) is 6.61. The Morgan fingerprint density at radius 3 is 2.95 bits per heavy atom. The molecule has 1 aromatic carbocycles. The Balaban J connectivity index is 2.05.